The largest absolute Gasteiger partial charge is 0.492 e. The second-order valence-corrected chi connectivity index (χ2v) is 10.8. The summed E-state index contributed by atoms with van der Waals surface area (Å²) in [4.78, 5) is 11.0. The van der Waals surface area contributed by atoms with Crippen molar-refractivity contribution in [3.8, 4) is 28.3 Å². The van der Waals surface area contributed by atoms with Gasteiger partial charge in [0.15, 0.2) is 0 Å². The summed E-state index contributed by atoms with van der Waals surface area (Å²) < 4.78 is 20.7. The molecular formula is C31H33FN6O. The van der Waals surface area contributed by atoms with Gasteiger partial charge in [-0.1, -0.05) is 12.1 Å². The average molecular weight is 525 g/mol. The minimum atomic E-state index is -0.302. The maximum atomic E-state index is 14.7. The molecule has 0 unspecified atom stereocenters. The fraction of sp³-hybridized carbons (Fsp3) is 0.355. The lowest BCUT2D eigenvalue weighted by Crippen LogP contribution is -2.27. The van der Waals surface area contributed by atoms with Gasteiger partial charge in [-0.2, -0.15) is 5.10 Å². The number of aromatic amines is 2. The van der Waals surface area contributed by atoms with E-state index in [1.807, 2.05) is 24.3 Å². The summed E-state index contributed by atoms with van der Waals surface area (Å²) >= 11 is 0. The van der Waals surface area contributed by atoms with Gasteiger partial charge in [0.1, 0.15) is 29.4 Å². The lowest BCUT2D eigenvalue weighted by molar-refractivity contribution is 0.237. The molecule has 7 nitrogen and oxygen atoms in total. The fourth-order valence-electron chi connectivity index (χ4n) is 6.08. The van der Waals surface area contributed by atoms with E-state index in [1.165, 1.54) is 18.9 Å². The molecule has 2 aromatic carbocycles. The Balaban J connectivity index is 1.20. The molecule has 200 valence electrons. The monoisotopic (exact) mass is 524 g/mol. The van der Waals surface area contributed by atoms with E-state index in [0.29, 0.717) is 18.3 Å². The summed E-state index contributed by atoms with van der Waals surface area (Å²) in [5.41, 5.74) is 7.31. The number of benzene rings is 2. The molecule has 0 bridgehead atoms. The van der Waals surface area contributed by atoms with Crippen LogP contribution in [0.15, 0.2) is 54.6 Å². The number of rotatable bonds is 7. The Morgan fingerprint density at radius 2 is 1.85 bits per heavy atom. The third-order valence-corrected chi connectivity index (χ3v) is 8.16. The Morgan fingerprint density at radius 3 is 2.72 bits per heavy atom. The van der Waals surface area contributed by atoms with E-state index in [9.17, 15) is 4.39 Å². The third kappa shape index (κ3) is 4.90. The molecule has 5 heterocycles. The smallest absolute Gasteiger partial charge is 0.135 e. The molecule has 3 N–H and O–H groups in total. The van der Waals surface area contributed by atoms with Crippen molar-refractivity contribution < 1.29 is 9.13 Å². The number of fused-ring (bicyclic) bond motifs is 2. The highest BCUT2D eigenvalue weighted by molar-refractivity contribution is 6.00. The van der Waals surface area contributed by atoms with Gasteiger partial charge in [0.25, 0.3) is 0 Å². The zero-order chi connectivity index (χ0) is 26.2. The summed E-state index contributed by atoms with van der Waals surface area (Å²) in [6.07, 6.45) is 4.69. The number of aromatic nitrogens is 4. The Morgan fingerprint density at radius 1 is 0.974 bits per heavy atom. The molecule has 7 rings (SSSR count). The predicted molar refractivity (Wildman–Crippen MR) is 153 cm³/mol. The van der Waals surface area contributed by atoms with Gasteiger partial charge >= 0.3 is 0 Å². The molecule has 2 aliphatic rings. The highest BCUT2D eigenvalue weighted by Crippen LogP contribution is 2.36. The molecule has 39 heavy (non-hydrogen) atoms. The van der Waals surface area contributed by atoms with Crippen molar-refractivity contribution in [3.63, 3.8) is 0 Å². The number of H-pyrrole nitrogens is 2. The van der Waals surface area contributed by atoms with E-state index >= 15 is 0 Å². The molecule has 0 saturated carbocycles. The van der Waals surface area contributed by atoms with Crippen molar-refractivity contribution in [3.05, 3.63) is 66.1 Å². The lowest BCUT2D eigenvalue weighted by Gasteiger charge is -2.22. The normalized spacial score (nSPS) is 16.9. The molecule has 2 saturated heterocycles. The summed E-state index contributed by atoms with van der Waals surface area (Å²) in [5, 5.41) is 12.2. The zero-order valence-corrected chi connectivity index (χ0v) is 22.0. The van der Waals surface area contributed by atoms with Gasteiger partial charge in [-0.3, -0.25) is 10.00 Å². The molecule has 0 aliphatic carbocycles. The van der Waals surface area contributed by atoms with Gasteiger partial charge in [0.05, 0.1) is 11.2 Å². The molecule has 2 aliphatic heterocycles. The first kappa shape index (κ1) is 24.3. The Labute approximate surface area is 226 Å². The Bertz CT molecular complexity index is 1610. The van der Waals surface area contributed by atoms with Gasteiger partial charge < -0.3 is 15.0 Å². The van der Waals surface area contributed by atoms with Crippen LogP contribution >= 0.6 is 0 Å². The van der Waals surface area contributed by atoms with Crippen LogP contribution < -0.4 is 10.1 Å². The molecule has 0 radical (unpaired) electrons. The fourth-order valence-corrected chi connectivity index (χ4v) is 6.08. The van der Waals surface area contributed by atoms with Crippen LogP contribution in [-0.4, -0.2) is 64.4 Å². The molecule has 8 heteroatoms. The standard InChI is InChI=1S/C31H33FN6O/c32-22-16-21(17-23(18-22)39-15-14-38-12-1-2-13-38)24-4-3-5-27-25(24)19-29(34-27)31-30-28(36-37-31)7-6-26(35-30)20-8-10-33-11-9-20/h3-7,16-20,33-34H,1-2,8-15H2,(H,36,37). The maximum Gasteiger partial charge on any atom is 0.135 e. The number of pyridine rings is 1. The van der Waals surface area contributed by atoms with Crippen LogP contribution in [0.5, 0.6) is 5.75 Å². The number of hydrogen-bond acceptors (Lipinski definition) is 5. The Hall–Kier alpha value is -3.75. The predicted octanol–water partition coefficient (Wildman–Crippen LogP) is 5.85. The van der Waals surface area contributed by atoms with E-state index in [2.05, 4.69) is 43.6 Å². The zero-order valence-electron chi connectivity index (χ0n) is 22.0. The summed E-state index contributed by atoms with van der Waals surface area (Å²) in [5.74, 6) is 0.724. The number of hydrogen-bond donors (Lipinski definition) is 3. The number of piperidine rings is 1. The highest BCUT2D eigenvalue weighted by Gasteiger charge is 2.20. The first-order chi connectivity index (χ1) is 19.2. The SMILES string of the molecule is Fc1cc(OCCN2CCCC2)cc(-c2cccc3[nH]c(-c4n[nH]c5ccc(C6CCNCC6)nc45)cc23)c1. The van der Waals surface area contributed by atoms with Crippen molar-refractivity contribution >= 4 is 21.9 Å². The van der Waals surface area contributed by atoms with Crippen LogP contribution in [0, 0.1) is 5.82 Å². The number of halogens is 1. The van der Waals surface area contributed by atoms with Crippen LogP contribution in [0.1, 0.15) is 37.3 Å². The van der Waals surface area contributed by atoms with Crippen LogP contribution in [0.25, 0.3) is 44.5 Å². The molecular weight excluding hydrogens is 491 g/mol. The molecule has 0 atom stereocenters. The highest BCUT2D eigenvalue weighted by atomic mass is 19.1. The topological polar surface area (TPSA) is 81.9 Å². The van der Waals surface area contributed by atoms with Crippen LogP contribution in [-0.2, 0) is 0 Å². The first-order valence-corrected chi connectivity index (χ1v) is 14.1. The van der Waals surface area contributed by atoms with E-state index in [0.717, 1.165) is 95.7 Å². The van der Waals surface area contributed by atoms with Gasteiger partial charge in [-0.15, -0.1) is 0 Å². The van der Waals surface area contributed by atoms with Crippen molar-refractivity contribution in [2.75, 3.05) is 39.3 Å². The first-order valence-electron chi connectivity index (χ1n) is 14.1. The molecule has 3 aromatic heterocycles. The molecule has 5 aromatic rings. The van der Waals surface area contributed by atoms with E-state index < -0.39 is 0 Å². The van der Waals surface area contributed by atoms with Crippen molar-refractivity contribution in [1.29, 1.82) is 0 Å². The van der Waals surface area contributed by atoms with Gasteiger partial charge in [-0.25, -0.2) is 9.37 Å². The molecule has 0 spiro atoms. The number of likely N-dealkylation sites (tertiary alicyclic amines) is 1. The Kier molecular flexibility index (Phi) is 6.50. The van der Waals surface area contributed by atoms with Crippen LogP contribution in [0.3, 0.4) is 0 Å². The van der Waals surface area contributed by atoms with Gasteiger partial charge in [0, 0.05) is 35.1 Å². The lowest BCUT2D eigenvalue weighted by atomic mass is 9.94. The number of ether oxygens (including phenoxy) is 1. The van der Waals surface area contributed by atoms with E-state index in [4.69, 9.17) is 9.72 Å². The van der Waals surface area contributed by atoms with Crippen molar-refractivity contribution in [2.24, 2.45) is 0 Å². The maximum absolute atomic E-state index is 14.7. The van der Waals surface area contributed by atoms with Gasteiger partial charge in [0.2, 0.25) is 0 Å². The van der Waals surface area contributed by atoms with Crippen LogP contribution in [0.4, 0.5) is 4.39 Å². The van der Waals surface area contributed by atoms with Gasteiger partial charge in [-0.05, 0) is 99.4 Å². The second kappa shape index (κ2) is 10.4. The quantitative estimate of drug-likeness (QED) is 0.249. The molecule has 0 amide bonds. The summed E-state index contributed by atoms with van der Waals surface area (Å²) in [6, 6.07) is 17.3. The van der Waals surface area contributed by atoms with Crippen molar-refractivity contribution in [2.45, 2.75) is 31.6 Å². The molecule has 2 fully saturated rings. The second-order valence-electron chi connectivity index (χ2n) is 10.8. The van der Waals surface area contributed by atoms with E-state index in [-0.39, 0.29) is 5.82 Å². The van der Waals surface area contributed by atoms with E-state index in [1.54, 1.807) is 6.07 Å². The number of nitrogens with one attached hydrogen (secondary N) is 3. The van der Waals surface area contributed by atoms with Crippen molar-refractivity contribution in [1.82, 2.24) is 30.4 Å². The third-order valence-electron chi connectivity index (χ3n) is 8.16. The number of nitrogens with zero attached hydrogens (tertiary/aromatic N) is 3. The minimum absolute atomic E-state index is 0.302. The summed E-state index contributed by atoms with van der Waals surface area (Å²) in [7, 11) is 0. The summed E-state index contributed by atoms with van der Waals surface area (Å²) in [6.45, 7) is 5.72. The van der Waals surface area contributed by atoms with Crippen LogP contribution in [0.2, 0.25) is 0 Å². The minimum Gasteiger partial charge on any atom is -0.492 e. The average Bonchev–Trinajstić information content (AvgIpc) is 3.72.